The molecule has 3 aromatic rings. The fourth-order valence-corrected chi connectivity index (χ4v) is 2.69. The Balaban J connectivity index is 1.57. The highest BCUT2D eigenvalue weighted by atomic mass is 16.5. The third-order valence-corrected chi connectivity index (χ3v) is 4.30. The Bertz CT molecular complexity index is 937. The molecule has 0 radical (unpaired) electrons. The van der Waals surface area contributed by atoms with Gasteiger partial charge in [0.1, 0.15) is 6.54 Å². The molecule has 0 unspecified atom stereocenters. The molecule has 0 saturated heterocycles. The van der Waals surface area contributed by atoms with Crippen LogP contribution in [0.25, 0.3) is 11.4 Å². The average Bonchev–Trinajstić information content (AvgIpc) is 3.20. The molecule has 1 heterocycles. The summed E-state index contributed by atoms with van der Waals surface area (Å²) in [6.45, 7) is 2.46. The van der Waals surface area contributed by atoms with Crippen LogP contribution < -0.4 is 14.8 Å². The number of hydrogen-bond acceptors (Lipinski definition) is 6. The Hall–Kier alpha value is -3.42. The maximum atomic E-state index is 12.2. The first kappa shape index (κ1) is 19.3. The molecule has 1 amide bonds. The van der Waals surface area contributed by atoms with E-state index in [0.717, 1.165) is 17.5 Å². The molecular weight excluding hydrogens is 358 g/mol. The predicted octanol–water partition coefficient (Wildman–Crippen LogP) is 2.24. The van der Waals surface area contributed by atoms with Gasteiger partial charge in [0.25, 0.3) is 0 Å². The van der Waals surface area contributed by atoms with Gasteiger partial charge in [-0.25, -0.2) is 0 Å². The normalized spacial score (nSPS) is 10.5. The van der Waals surface area contributed by atoms with Crippen LogP contribution in [-0.2, 0) is 24.3 Å². The number of hydrogen-bond donors (Lipinski definition) is 1. The van der Waals surface area contributed by atoms with E-state index in [2.05, 4.69) is 27.7 Å². The van der Waals surface area contributed by atoms with Crippen LogP contribution in [0.15, 0.2) is 42.5 Å². The lowest BCUT2D eigenvalue weighted by molar-refractivity contribution is -0.122. The van der Waals surface area contributed by atoms with E-state index in [1.54, 1.807) is 20.3 Å². The summed E-state index contributed by atoms with van der Waals surface area (Å²) in [5.74, 6) is 1.55. The molecule has 0 bridgehead atoms. The van der Waals surface area contributed by atoms with Gasteiger partial charge >= 0.3 is 0 Å². The van der Waals surface area contributed by atoms with E-state index >= 15 is 0 Å². The number of amides is 1. The number of carbonyl (C=O) groups is 1. The molecule has 0 fully saturated rings. The zero-order valence-corrected chi connectivity index (χ0v) is 16.2. The number of rotatable bonds is 8. The van der Waals surface area contributed by atoms with Crippen LogP contribution in [-0.4, -0.2) is 40.3 Å². The first-order valence-electron chi connectivity index (χ1n) is 8.97. The Morgan fingerprint density at radius 2 is 1.75 bits per heavy atom. The largest absolute Gasteiger partial charge is 0.493 e. The van der Waals surface area contributed by atoms with Crippen LogP contribution in [0.3, 0.4) is 0 Å². The predicted molar refractivity (Wildman–Crippen MR) is 104 cm³/mol. The van der Waals surface area contributed by atoms with Gasteiger partial charge < -0.3 is 14.8 Å². The molecule has 0 atom stereocenters. The Labute approximate surface area is 163 Å². The molecule has 2 aromatic carbocycles. The number of carbonyl (C=O) groups excluding carboxylic acids is 1. The number of aryl methyl sites for hydroxylation is 1. The van der Waals surface area contributed by atoms with Gasteiger partial charge in [-0.3, -0.25) is 4.79 Å². The van der Waals surface area contributed by atoms with Crippen molar-refractivity contribution in [1.29, 1.82) is 0 Å². The van der Waals surface area contributed by atoms with E-state index in [1.165, 1.54) is 10.4 Å². The molecule has 1 aromatic heterocycles. The monoisotopic (exact) mass is 381 g/mol. The van der Waals surface area contributed by atoms with E-state index < -0.39 is 0 Å². The highest BCUT2D eigenvalue weighted by molar-refractivity contribution is 5.75. The first-order valence-corrected chi connectivity index (χ1v) is 8.97. The van der Waals surface area contributed by atoms with Crippen LogP contribution in [0.1, 0.15) is 18.1 Å². The van der Waals surface area contributed by atoms with Gasteiger partial charge in [0.05, 0.1) is 14.2 Å². The van der Waals surface area contributed by atoms with E-state index in [0.29, 0.717) is 23.9 Å². The third-order valence-electron chi connectivity index (χ3n) is 4.30. The second kappa shape index (κ2) is 8.98. The molecule has 0 aliphatic rings. The third kappa shape index (κ3) is 4.64. The van der Waals surface area contributed by atoms with Crippen molar-refractivity contribution in [2.24, 2.45) is 0 Å². The van der Waals surface area contributed by atoms with E-state index in [-0.39, 0.29) is 12.5 Å². The van der Waals surface area contributed by atoms with Crippen molar-refractivity contribution in [3.63, 3.8) is 0 Å². The van der Waals surface area contributed by atoms with Crippen LogP contribution in [0.2, 0.25) is 0 Å². The fourth-order valence-electron chi connectivity index (χ4n) is 2.69. The van der Waals surface area contributed by atoms with Gasteiger partial charge in [-0.1, -0.05) is 37.3 Å². The molecule has 146 valence electrons. The van der Waals surface area contributed by atoms with Gasteiger partial charge in [-0.05, 0) is 34.9 Å². The number of benzene rings is 2. The fraction of sp³-hybridized carbons (Fsp3) is 0.300. The minimum atomic E-state index is -0.208. The van der Waals surface area contributed by atoms with Crippen LogP contribution >= 0.6 is 0 Å². The van der Waals surface area contributed by atoms with Crippen molar-refractivity contribution in [2.45, 2.75) is 26.4 Å². The second-order valence-corrected chi connectivity index (χ2v) is 6.16. The van der Waals surface area contributed by atoms with Crippen molar-refractivity contribution < 1.29 is 14.3 Å². The number of tetrazole rings is 1. The summed E-state index contributed by atoms with van der Waals surface area (Å²) >= 11 is 0. The summed E-state index contributed by atoms with van der Waals surface area (Å²) in [5.41, 5.74) is 3.01. The lowest BCUT2D eigenvalue weighted by Crippen LogP contribution is -2.28. The zero-order valence-electron chi connectivity index (χ0n) is 16.2. The summed E-state index contributed by atoms with van der Waals surface area (Å²) in [5, 5.41) is 15.1. The smallest absolute Gasteiger partial charge is 0.243 e. The van der Waals surface area contributed by atoms with Crippen molar-refractivity contribution in [3.8, 4) is 22.9 Å². The first-order chi connectivity index (χ1) is 13.6. The summed E-state index contributed by atoms with van der Waals surface area (Å²) in [6.07, 6.45) is 0.973. The molecule has 0 saturated carbocycles. The molecule has 28 heavy (non-hydrogen) atoms. The van der Waals surface area contributed by atoms with Crippen molar-refractivity contribution >= 4 is 5.91 Å². The number of ether oxygens (including phenoxy) is 2. The maximum absolute atomic E-state index is 12.2. The molecule has 8 heteroatoms. The topological polar surface area (TPSA) is 91.2 Å². The van der Waals surface area contributed by atoms with E-state index in [4.69, 9.17) is 9.47 Å². The Morgan fingerprint density at radius 3 is 2.43 bits per heavy atom. The molecule has 8 nitrogen and oxygen atoms in total. The molecule has 0 aliphatic carbocycles. The molecule has 1 N–H and O–H groups in total. The summed E-state index contributed by atoms with van der Waals surface area (Å²) in [4.78, 5) is 13.5. The summed E-state index contributed by atoms with van der Waals surface area (Å²) in [6, 6.07) is 13.5. The van der Waals surface area contributed by atoms with Gasteiger partial charge in [0.2, 0.25) is 11.7 Å². The lowest BCUT2D eigenvalue weighted by Gasteiger charge is -2.10. The van der Waals surface area contributed by atoms with Gasteiger partial charge in [0.15, 0.2) is 11.5 Å². The van der Waals surface area contributed by atoms with Crippen LogP contribution in [0, 0.1) is 0 Å². The summed E-state index contributed by atoms with van der Waals surface area (Å²) in [7, 11) is 3.15. The molecule has 0 spiro atoms. The summed E-state index contributed by atoms with van der Waals surface area (Å²) < 4.78 is 10.5. The Morgan fingerprint density at radius 1 is 1.04 bits per heavy atom. The lowest BCUT2D eigenvalue weighted by atomic mass is 10.1. The minimum Gasteiger partial charge on any atom is -0.493 e. The molecular formula is C20H23N5O3. The van der Waals surface area contributed by atoms with Gasteiger partial charge in [-0.2, -0.15) is 4.80 Å². The van der Waals surface area contributed by atoms with Gasteiger partial charge in [-0.15, -0.1) is 10.2 Å². The molecule has 0 aliphatic heterocycles. The number of nitrogens with one attached hydrogen (secondary N) is 1. The number of methoxy groups -OCH3 is 2. The van der Waals surface area contributed by atoms with E-state index in [9.17, 15) is 4.79 Å². The SMILES string of the molecule is CCc1ccc(-c2nnn(CC(=O)NCc3ccc(OC)c(OC)c3)n2)cc1. The van der Waals surface area contributed by atoms with Crippen molar-refractivity contribution in [2.75, 3.05) is 14.2 Å². The highest BCUT2D eigenvalue weighted by Crippen LogP contribution is 2.27. The van der Waals surface area contributed by atoms with Crippen LogP contribution in [0.5, 0.6) is 11.5 Å². The quantitative estimate of drug-likeness (QED) is 0.643. The maximum Gasteiger partial charge on any atom is 0.243 e. The van der Waals surface area contributed by atoms with Gasteiger partial charge in [0, 0.05) is 12.1 Å². The standard InChI is InChI=1S/C20H23N5O3/c1-4-14-5-8-16(9-6-14)20-22-24-25(23-20)13-19(26)21-12-15-7-10-17(27-2)18(11-15)28-3/h5-11H,4,12-13H2,1-3H3,(H,21,26). The average molecular weight is 381 g/mol. The van der Waals surface area contributed by atoms with E-state index in [1.807, 2.05) is 36.4 Å². The molecule has 3 rings (SSSR count). The van der Waals surface area contributed by atoms with Crippen molar-refractivity contribution in [1.82, 2.24) is 25.5 Å². The highest BCUT2D eigenvalue weighted by Gasteiger charge is 2.10. The zero-order chi connectivity index (χ0) is 19.9. The van der Waals surface area contributed by atoms with Crippen molar-refractivity contribution in [3.05, 3.63) is 53.6 Å². The van der Waals surface area contributed by atoms with Crippen LogP contribution in [0.4, 0.5) is 0 Å². The number of aromatic nitrogens is 4. The minimum absolute atomic E-state index is 0.00661. The number of nitrogens with zero attached hydrogens (tertiary/aromatic N) is 4. The Kier molecular flexibility index (Phi) is 6.21. The second-order valence-electron chi connectivity index (χ2n) is 6.16.